The van der Waals surface area contributed by atoms with Crippen molar-refractivity contribution in [2.24, 2.45) is 5.73 Å². The molecule has 5 nitrogen and oxygen atoms in total. The molecule has 0 aliphatic rings. The zero-order valence-corrected chi connectivity index (χ0v) is 10.4. The number of carbonyl (C=O) groups excluding carboxylic acids is 1. The summed E-state index contributed by atoms with van der Waals surface area (Å²) >= 11 is 0. The highest BCUT2D eigenvalue weighted by molar-refractivity contribution is 5.92. The summed E-state index contributed by atoms with van der Waals surface area (Å²) in [7, 11) is 0. The lowest BCUT2D eigenvalue weighted by molar-refractivity contribution is 0.1000. The number of nitrogens with zero attached hydrogens (tertiary/aromatic N) is 3. The van der Waals surface area contributed by atoms with Crippen LogP contribution in [0.2, 0.25) is 0 Å². The first-order chi connectivity index (χ1) is 9.19. The molecular weight excluding hydrogens is 240 g/mol. The Labute approximate surface area is 111 Å². The number of rotatable bonds is 5. The number of hydrogen-bond acceptors (Lipinski definition) is 3. The summed E-state index contributed by atoms with van der Waals surface area (Å²) in [5.41, 5.74) is 7.76. The average molecular weight is 254 g/mol. The van der Waals surface area contributed by atoms with Crippen molar-refractivity contribution >= 4 is 5.91 Å². The summed E-state index contributed by atoms with van der Waals surface area (Å²) in [4.78, 5) is 10.9. The monoisotopic (exact) mass is 254 g/mol. The maximum atomic E-state index is 10.9. The molecule has 19 heavy (non-hydrogen) atoms. The van der Waals surface area contributed by atoms with E-state index >= 15 is 0 Å². The van der Waals surface area contributed by atoms with E-state index in [2.05, 4.69) is 11.2 Å². The molecule has 1 amide bonds. The zero-order chi connectivity index (χ0) is 13.7. The van der Waals surface area contributed by atoms with Crippen LogP contribution in [0.4, 0.5) is 0 Å². The summed E-state index contributed by atoms with van der Waals surface area (Å²) in [6.45, 7) is 0.685. The van der Waals surface area contributed by atoms with Crippen LogP contribution < -0.4 is 5.73 Å². The second-order valence-electron chi connectivity index (χ2n) is 4.26. The third kappa shape index (κ3) is 3.42. The smallest absolute Gasteiger partial charge is 0.251 e. The molecule has 1 aromatic carbocycles. The van der Waals surface area contributed by atoms with Crippen molar-refractivity contribution in [2.75, 3.05) is 0 Å². The molecule has 2 rings (SSSR count). The van der Waals surface area contributed by atoms with E-state index in [1.54, 1.807) is 10.9 Å². The van der Waals surface area contributed by atoms with Crippen molar-refractivity contribution in [3.8, 4) is 6.07 Å². The molecule has 0 saturated carbocycles. The zero-order valence-electron chi connectivity index (χ0n) is 10.4. The number of aryl methyl sites for hydroxylation is 2. The summed E-state index contributed by atoms with van der Waals surface area (Å²) < 4.78 is 1.70. The Bertz CT molecular complexity index is 607. The Morgan fingerprint density at radius 1 is 1.32 bits per heavy atom. The summed E-state index contributed by atoms with van der Waals surface area (Å²) in [6, 6.07) is 10.0. The van der Waals surface area contributed by atoms with Gasteiger partial charge in [0.2, 0.25) is 0 Å². The highest BCUT2D eigenvalue weighted by Gasteiger charge is 2.03. The lowest BCUT2D eigenvalue weighted by Gasteiger charge is -2.03. The quantitative estimate of drug-likeness (QED) is 0.872. The van der Waals surface area contributed by atoms with Gasteiger partial charge in [-0.25, -0.2) is 0 Å². The Morgan fingerprint density at radius 2 is 2.00 bits per heavy atom. The fraction of sp³-hybridized carbons (Fsp3) is 0.214. The van der Waals surface area contributed by atoms with Crippen LogP contribution in [0.5, 0.6) is 0 Å². The van der Waals surface area contributed by atoms with Gasteiger partial charge in [0.05, 0.1) is 24.3 Å². The van der Waals surface area contributed by atoms with Crippen LogP contribution >= 0.6 is 0 Å². The lowest BCUT2D eigenvalue weighted by atomic mass is 10.1. The highest BCUT2D eigenvalue weighted by Crippen LogP contribution is 2.07. The standard InChI is InChI=1S/C14H14N4O/c15-7-5-11-1-3-12(4-2-11)6-8-18-10-13(9-17-18)14(16)19/h1-4,9-10H,5-6,8H2,(H2,16,19). The van der Waals surface area contributed by atoms with E-state index in [9.17, 15) is 4.79 Å². The van der Waals surface area contributed by atoms with Crippen LogP contribution in [0.25, 0.3) is 0 Å². The second-order valence-corrected chi connectivity index (χ2v) is 4.26. The third-order valence-electron chi connectivity index (χ3n) is 2.85. The van der Waals surface area contributed by atoms with E-state index in [0.29, 0.717) is 18.5 Å². The van der Waals surface area contributed by atoms with Crippen LogP contribution in [-0.2, 0) is 19.4 Å². The first-order valence-corrected chi connectivity index (χ1v) is 5.96. The number of aromatic nitrogens is 2. The molecule has 2 N–H and O–H groups in total. The van der Waals surface area contributed by atoms with Crippen molar-refractivity contribution in [1.82, 2.24) is 9.78 Å². The van der Waals surface area contributed by atoms with Gasteiger partial charge in [-0.3, -0.25) is 9.48 Å². The average Bonchev–Trinajstić information content (AvgIpc) is 2.87. The summed E-state index contributed by atoms with van der Waals surface area (Å²) in [6.07, 6.45) is 4.36. The van der Waals surface area contributed by atoms with Gasteiger partial charge in [-0.2, -0.15) is 10.4 Å². The van der Waals surface area contributed by atoms with Gasteiger partial charge in [-0.15, -0.1) is 0 Å². The van der Waals surface area contributed by atoms with Gasteiger partial charge in [-0.1, -0.05) is 24.3 Å². The fourth-order valence-corrected chi connectivity index (χ4v) is 1.77. The Morgan fingerprint density at radius 3 is 2.58 bits per heavy atom. The van der Waals surface area contributed by atoms with E-state index in [-0.39, 0.29) is 0 Å². The predicted molar refractivity (Wildman–Crippen MR) is 70.2 cm³/mol. The van der Waals surface area contributed by atoms with Gasteiger partial charge < -0.3 is 5.73 Å². The molecule has 0 bridgehead atoms. The van der Waals surface area contributed by atoms with Crippen LogP contribution in [0.15, 0.2) is 36.7 Å². The van der Waals surface area contributed by atoms with Crippen LogP contribution in [0.1, 0.15) is 21.5 Å². The van der Waals surface area contributed by atoms with Crippen LogP contribution in [0.3, 0.4) is 0 Å². The van der Waals surface area contributed by atoms with Crippen molar-refractivity contribution in [1.29, 1.82) is 5.26 Å². The predicted octanol–water partition coefficient (Wildman–Crippen LogP) is 1.29. The number of benzene rings is 1. The Hall–Kier alpha value is -2.61. The van der Waals surface area contributed by atoms with Crippen molar-refractivity contribution in [2.45, 2.75) is 19.4 Å². The topological polar surface area (TPSA) is 84.7 Å². The molecule has 0 aliphatic heterocycles. The molecule has 0 fully saturated rings. The number of amides is 1. The van der Waals surface area contributed by atoms with Gasteiger partial charge in [0.15, 0.2) is 0 Å². The molecule has 1 heterocycles. The molecular formula is C14H14N4O. The van der Waals surface area contributed by atoms with E-state index < -0.39 is 5.91 Å². The lowest BCUT2D eigenvalue weighted by Crippen LogP contribution is -2.09. The van der Waals surface area contributed by atoms with Gasteiger partial charge in [0.1, 0.15) is 0 Å². The minimum atomic E-state index is -0.466. The Kier molecular flexibility index (Phi) is 3.94. The van der Waals surface area contributed by atoms with Gasteiger partial charge in [0, 0.05) is 12.7 Å². The molecule has 0 spiro atoms. The molecule has 5 heteroatoms. The molecule has 1 aromatic heterocycles. The molecule has 0 radical (unpaired) electrons. The molecule has 0 aliphatic carbocycles. The van der Waals surface area contributed by atoms with E-state index in [4.69, 9.17) is 11.0 Å². The number of nitrogens with two attached hydrogens (primary N) is 1. The summed E-state index contributed by atoms with van der Waals surface area (Å²) in [5.74, 6) is -0.466. The minimum absolute atomic E-state index is 0.421. The third-order valence-corrected chi connectivity index (χ3v) is 2.85. The number of hydrogen-bond donors (Lipinski definition) is 1. The van der Waals surface area contributed by atoms with E-state index in [1.807, 2.05) is 24.3 Å². The first kappa shape index (κ1) is 12.8. The summed E-state index contributed by atoms with van der Waals surface area (Å²) in [5, 5.41) is 12.7. The SMILES string of the molecule is N#CCc1ccc(CCn2cc(C(N)=O)cn2)cc1. The molecule has 0 atom stereocenters. The van der Waals surface area contributed by atoms with Crippen LogP contribution in [0, 0.1) is 11.3 Å². The van der Waals surface area contributed by atoms with Gasteiger partial charge in [-0.05, 0) is 17.5 Å². The number of carbonyl (C=O) groups is 1. The largest absolute Gasteiger partial charge is 0.366 e. The van der Waals surface area contributed by atoms with Gasteiger partial charge in [0.25, 0.3) is 5.91 Å². The van der Waals surface area contributed by atoms with Crippen molar-refractivity contribution in [3.05, 3.63) is 53.3 Å². The minimum Gasteiger partial charge on any atom is -0.366 e. The van der Waals surface area contributed by atoms with E-state index in [1.165, 1.54) is 6.20 Å². The fourth-order valence-electron chi connectivity index (χ4n) is 1.77. The molecule has 0 saturated heterocycles. The second kappa shape index (κ2) is 5.83. The molecule has 2 aromatic rings. The molecule has 96 valence electrons. The first-order valence-electron chi connectivity index (χ1n) is 5.96. The van der Waals surface area contributed by atoms with Crippen LogP contribution in [-0.4, -0.2) is 15.7 Å². The van der Waals surface area contributed by atoms with Crippen molar-refractivity contribution in [3.63, 3.8) is 0 Å². The van der Waals surface area contributed by atoms with Crippen molar-refractivity contribution < 1.29 is 4.79 Å². The number of nitriles is 1. The Balaban J connectivity index is 1.94. The van der Waals surface area contributed by atoms with E-state index in [0.717, 1.165) is 17.5 Å². The normalized spacial score (nSPS) is 10.1. The maximum absolute atomic E-state index is 10.9. The highest BCUT2D eigenvalue weighted by atomic mass is 16.1. The van der Waals surface area contributed by atoms with Gasteiger partial charge >= 0.3 is 0 Å². The molecule has 0 unspecified atom stereocenters. The maximum Gasteiger partial charge on any atom is 0.251 e. The number of primary amides is 1.